The van der Waals surface area contributed by atoms with E-state index in [1.807, 2.05) is 43.3 Å². The van der Waals surface area contributed by atoms with Crippen LogP contribution in [0.4, 0.5) is 11.4 Å². The molecule has 0 saturated heterocycles. The highest BCUT2D eigenvalue weighted by Crippen LogP contribution is 2.33. The van der Waals surface area contributed by atoms with E-state index in [0.29, 0.717) is 10.6 Å². The summed E-state index contributed by atoms with van der Waals surface area (Å²) in [6, 6.07) is 11.7. The minimum absolute atomic E-state index is 0.0853. The largest absolute Gasteiger partial charge is 0.397 e. The topological polar surface area (TPSA) is 68.0 Å². The fraction of sp³-hybridized carbons (Fsp3) is 0.263. The zero-order chi connectivity index (χ0) is 17.5. The van der Waals surface area contributed by atoms with Crippen LogP contribution in [0.1, 0.15) is 41.7 Å². The number of carbonyl (C=O) groups excluding carboxylic acids is 1. The van der Waals surface area contributed by atoms with E-state index >= 15 is 0 Å². The van der Waals surface area contributed by atoms with Crippen LogP contribution in [-0.4, -0.2) is 10.9 Å². The third-order valence-corrected chi connectivity index (χ3v) is 5.06. The number of carbonyl (C=O) groups is 1. The first-order chi connectivity index (χ1) is 11.3. The van der Waals surface area contributed by atoms with Crippen molar-refractivity contribution in [2.75, 3.05) is 11.1 Å². The highest BCUT2D eigenvalue weighted by atomic mass is 32.1. The first kappa shape index (κ1) is 16.5. The number of thiophene rings is 1. The van der Waals surface area contributed by atoms with Crippen molar-refractivity contribution in [3.05, 3.63) is 52.5 Å². The summed E-state index contributed by atoms with van der Waals surface area (Å²) >= 11 is 1.32. The van der Waals surface area contributed by atoms with Gasteiger partial charge in [-0.15, -0.1) is 11.3 Å². The van der Waals surface area contributed by atoms with E-state index in [4.69, 9.17) is 5.73 Å². The highest BCUT2D eigenvalue weighted by molar-refractivity contribution is 7.21. The summed E-state index contributed by atoms with van der Waals surface area (Å²) < 4.78 is 0. The Bertz CT molecular complexity index is 905. The van der Waals surface area contributed by atoms with Crippen molar-refractivity contribution in [2.24, 2.45) is 0 Å². The second-order valence-corrected chi connectivity index (χ2v) is 7.93. The highest BCUT2D eigenvalue weighted by Gasteiger charge is 2.18. The van der Waals surface area contributed by atoms with Crippen molar-refractivity contribution in [1.29, 1.82) is 0 Å². The summed E-state index contributed by atoms with van der Waals surface area (Å²) in [5.74, 6) is -0.198. The van der Waals surface area contributed by atoms with E-state index in [1.54, 1.807) is 0 Å². The average molecular weight is 339 g/mol. The van der Waals surface area contributed by atoms with Gasteiger partial charge in [0.2, 0.25) is 0 Å². The number of aryl methyl sites for hydroxylation is 1. The van der Waals surface area contributed by atoms with Gasteiger partial charge in [0.05, 0.1) is 5.69 Å². The van der Waals surface area contributed by atoms with Crippen LogP contribution in [0.25, 0.3) is 10.2 Å². The molecule has 24 heavy (non-hydrogen) atoms. The minimum Gasteiger partial charge on any atom is -0.397 e. The van der Waals surface area contributed by atoms with Gasteiger partial charge >= 0.3 is 0 Å². The number of aromatic nitrogens is 1. The fourth-order valence-corrected chi connectivity index (χ4v) is 3.53. The lowest BCUT2D eigenvalue weighted by molar-refractivity contribution is 0.103. The Hall–Kier alpha value is -2.40. The smallest absolute Gasteiger partial charge is 0.267 e. The molecule has 3 rings (SSSR count). The van der Waals surface area contributed by atoms with Gasteiger partial charge in [-0.2, -0.15) is 0 Å². The molecule has 0 unspecified atom stereocenters. The summed E-state index contributed by atoms with van der Waals surface area (Å²) in [5.41, 5.74) is 9.60. The van der Waals surface area contributed by atoms with Crippen molar-refractivity contribution in [3.63, 3.8) is 0 Å². The Kier molecular flexibility index (Phi) is 4.05. The molecular weight excluding hydrogens is 318 g/mol. The lowest BCUT2D eigenvalue weighted by Gasteiger charge is -2.19. The molecule has 1 amide bonds. The summed E-state index contributed by atoms with van der Waals surface area (Å²) in [7, 11) is 0. The predicted octanol–water partition coefficient (Wildman–Crippen LogP) is 4.74. The van der Waals surface area contributed by atoms with Crippen LogP contribution >= 0.6 is 11.3 Å². The van der Waals surface area contributed by atoms with Gasteiger partial charge in [0.15, 0.2) is 0 Å². The first-order valence-electron chi connectivity index (χ1n) is 7.83. The number of rotatable bonds is 2. The average Bonchev–Trinajstić information content (AvgIpc) is 2.83. The van der Waals surface area contributed by atoms with Crippen LogP contribution in [0.3, 0.4) is 0 Å². The van der Waals surface area contributed by atoms with Crippen LogP contribution in [0.5, 0.6) is 0 Å². The molecule has 2 aromatic heterocycles. The Labute approximate surface area is 145 Å². The van der Waals surface area contributed by atoms with E-state index in [9.17, 15) is 4.79 Å². The first-order valence-corrected chi connectivity index (χ1v) is 8.65. The number of pyridine rings is 1. The number of nitrogens with zero attached hydrogens (tertiary/aromatic N) is 1. The molecule has 3 aromatic rings. The SMILES string of the molecule is Cc1ccc2c(N)c(C(=O)Nc3ccc(C(C)(C)C)cc3)sc2n1. The third kappa shape index (κ3) is 3.12. The maximum atomic E-state index is 12.6. The van der Waals surface area contributed by atoms with Crippen molar-refractivity contribution in [1.82, 2.24) is 4.98 Å². The number of benzene rings is 1. The Morgan fingerprint density at radius 2 is 1.79 bits per heavy atom. The summed E-state index contributed by atoms with van der Waals surface area (Å²) in [5, 5.41) is 3.75. The molecule has 0 saturated carbocycles. The van der Waals surface area contributed by atoms with Gasteiger partial charge in [0, 0.05) is 16.8 Å². The van der Waals surface area contributed by atoms with E-state index in [1.165, 1.54) is 16.9 Å². The molecule has 1 aromatic carbocycles. The molecule has 0 radical (unpaired) electrons. The van der Waals surface area contributed by atoms with Gasteiger partial charge in [0.1, 0.15) is 9.71 Å². The zero-order valence-corrected chi connectivity index (χ0v) is 15.1. The predicted molar refractivity (Wildman–Crippen MR) is 102 cm³/mol. The quantitative estimate of drug-likeness (QED) is 0.709. The monoisotopic (exact) mass is 339 g/mol. The van der Waals surface area contributed by atoms with Crippen LogP contribution in [0.2, 0.25) is 0 Å². The molecule has 0 aliphatic carbocycles. The van der Waals surface area contributed by atoms with Crippen LogP contribution in [-0.2, 0) is 5.41 Å². The van der Waals surface area contributed by atoms with Crippen molar-refractivity contribution in [2.45, 2.75) is 33.1 Å². The van der Waals surface area contributed by atoms with Gasteiger partial charge in [-0.1, -0.05) is 32.9 Å². The van der Waals surface area contributed by atoms with Gasteiger partial charge in [-0.05, 0) is 42.2 Å². The number of anilines is 2. The van der Waals surface area contributed by atoms with Gasteiger partial charge in [-0.25, -0.2) is 4.98 Å². The van der Waals surface area contributed by atoms with Gasteiger partial charge in [0.25, 0.3) is 5.91 Å². The summed E-state index contributed by atoms with van der Waals surface area (Å²) in [6.07, 6.45) is 0. The second kappa shape index (κ2) is 5.91. The molecular formula is C19H21N3OS. The molecule has 124 valence electrons. The molecule has 0 spiro atoms. The van der Waals surface area contributed by atoms with E-state index in [-0.39, 0.29) is 11.3 Å². The van der Waals surface area contributed by atoms with E-state index in [0.717, 1.165) is 21.6 Å². The molecule has 3 N–H and O–H groups in total. The molecule has 0 aliphatic heterocycles. The normalized spacial score (nSPS) is 11.7. The van der Waals surface area contributed by atoms with Gasteiger partial charge < -0.3 is 11.1 Å². The number of hydrogen-bond donors (Lipinski definition) is 2. The Morgan fingerprint density at radius 3 is 2.42 bits per heavy atom. The van der Waals surface area contributed by atoms with Gasteiger partial charge in [-0.3, -0.25) is 4.79 Å². The lowest BCUT2D eigenvalue weighted by atomic mass is 9.87. The fourth-order valence-electron chi connectivity index (χ4n) is 2.50. The third-order valence-electron chi connectivity index (χ3n) is 3.95. The number of hydrogen-bond acceptors (Lipinski definition) is 4. The molecule has 5 heteroatoms. The molecule has 4 nitrogen and oxygen atoms in total. The number of amides is 1. The Morgan fingerprint density at radius 1 is 1.12 bits per heavy atom. The molecule has 0 bridgehead atoms. The second-order valence-electron chi connectivity index (χ2n) is 6.93. The van der Waals surface area contributed by atoms with Crippen LogP contribution < -0.4 is 11.1 Å². The number of nitrogen functional groups attached to an aromatic ring is 1. The lowest BCUT2D eigenvalue weighted by Crippen LogP contribution is -2.13. The van der Waals surface area contributed by atoms with Crippen molar-refractivity contribution in [3.8, 4) is 0 Å². The van der Waals surface area contributed by atoms with Crippen molar-refractivity contribution < 1.29 is 4.79 Å². The van der Waals surface area contributed by atoms with Crippen molar-refractivity contribution >= 4 is 38.8 Å². The molecule has 0 fully saturated rings. The maximum Gasteiger partial charge on any atom is 0.267 e. The summed E-state index contributed by atoms with van der Waals surface area (Å²) in [6.45, 7) is 8.40. The number of nitrogens with one attached hydrogen (secondary N) is 1. The number of nitrogens with two attached hydrogens (primary N) is 1. The Balaban J connectivity index is 1.86. The zero-order valence-electron chi connectivity index (χ0n) is 14.3. The van der Waals surface area contributed by atoms with E-state index in [2.05, 4.69) is 31.1 Å². The minimum atomic E-state index is -0.198. The van der Waals surface area contributed by atoms with Crippen LogP contribution in [0, 0.1) is 6.92 Å². The maximum absolute atomic E-state index is 12.6. The summed E-state index contributed by atoms with van der Waals surface area (Å²) in [4.78, 5) is 18.3. The molecule has 2 heterocycles. The van der Waals surface area contributed by atoms with E-state index < -0.39 is 0 Å². The van der Waals surface area contributed by atoms with Crippen LogP contribution in [0.15, 0.2) is 36.4 Å². The standard InChI is InChI=1S/C19H21N3OS/c1-11-5-10-14-15(20)16(24-18(14)21-11)17(23)22-13-8-6-12(7-9-13)19(2,3)4/h5-10H,20H2,1-4H3,(H,22,23). The molecule has 0 aliphatic rings. The number of fused-ring (bicyclic) bond motifs is 1. The molecule has 0 atom stereocenters.